The number of nitrogens with zero attached hydrogens (tertiary/aromatic N) is 1. The Balaban J connectivity index is 1.79. The number of aromatic hydroxyl groups is 1. The zero-order chi connectivity index (χ0) is 13.1. The van der Waals surface area contributed by atoms with Gasteiger partial charge in [0.15, 0.2) is 0 Å². The number of phenolic OH excluding ortho intramolecular Hbond substituents is 1. The lowest BCUT2D eigenvalue weighted by Crippen LogP contribution is -2.22. The van der Waals surface area contributed by atoms with Crippen LogP contribution in [0.4, 0.5) is 0 Å². The molecule has 19 heavy (non-hydrogen) atoms. The van der Waals surface area contributed by atoms with E-state index in [1.807, 2.05) is 18.2 Å². The van der Waals surface area contributed by atoms with Gasteiger partial charge in [-0.1, -0.05) is 48.5 Å². The lowest BCUT2D eigenvalue weighted by molar-refractivity contribution is 0.245. The summed E-state index contributed by atoms with van der Waals surface area (Å²) in [6.45, 7) is 1.93. The summed E-state index contributed by atoms with van der Waals surface area (Å²) in [6.07, 6.45) is 2.44. The fourth-order valence-corrected chi connectivity index (χ4v) is 2.93. The number of benzene rings is 2. The van der Waals surface area contributed by atoms with Gasteiger partial charge < -0.3 is 5.11 Å². The monoisotopic (exact) mass is 253 g/mol. The standard InChI is InChI=1S/C17H19NO/c19-17-11-5-4-9-15(17)13-18-12-6-10-16(18)14-7-2-1-3-8-14/h1-5,7-9,11,16,19H,6,10,12-13H2. The third kappa shape index (κ3) is 2.64. The smallest absolute Gasteiger partial charge is 0.120 e. The molecule has 2 nitrogen and oxygen atoms in total. The lowest BCUT2D eigenvalue weighted by atomic mass is 10.0. The Morgan fingerprint density at radius 3 is 2.53 bits per heavy atom. The van der Waals surface area contributed by atoms with E-state index in [9.17, 15) is 5.11 Å². The van der Waals surface area contributed by atoms with Crippen LogP contribution in [0.2, 0.25) is 0 Å². The van der Waals surface area contributed by atoms with Crippen molar-refractivity contribution in [1.82, 2.24) is 4.90 Å². The Labute approximate surface area is 114 Å². The predicted octanol–water partition coefficient (Wildman–Crippen LogP) is 3.73. The Kier molecular flexibility index (Phi) is 3.51. The molecule has 2 heteroatoms. The summed E-state index contributed by atoms with van der Waals surface area (Å²) in [7, 11) is 0. The molecule has 1 heterocycles. The van der Waals surface area contributed by atoms with Crippen LogP contribution in [0.3, 0.4) is 0 Å². The normalized spacial score (nSPS) is 19.7. The Hall–Kier alpha value is -1.80. The molecule has 1 atom stereocenters. The molecule has 0 bridgehead atoms. The van der Waals surface area contributed by atoms with Crippen LogP contribution < -0.4 is 0 Å². The highest BCUT2D eigenvalue weighted by Crippen LogP contribution is 2.34. The van der Waals surface area contributed by atoms with Gasteiger partial charge in [-0.15, -0.1) is 0 Å². The van der Waals surface area contributed by atoms with Gasteiger partial charge in [-0.2, -0.15) is 0 Å². The second kappa shape index (κ2) is 5.45. The molecule has 1 aliphatic rings. The molecular weight excluding hydrogens is 234 g/mol. The topological polar surface area (TPSA) is 23.5 Å². The molecule has 0 radical (unpaired) electrons. The van der Waals surface area contributed by atoms with Crippen LogP contribution in [0.1, 0.15) is 30.0 Å². The molecule has 0 aromatic heterocycles. The molecule has 0 amide bonds. The highest BCUT2D eigenvalue weighted by atomic mass is 16.3. The van der Waals surface area contributed by atoms with Gasteiger partial charge in [0.05, 0.1) is 0 Å². The molecule has 0 aliphatic carbocycles. The van der Waals surface area contributed by atoms with E-state index in [0.29, 0.717) is 11.8 Å². The van der Waals surface area contributed by atoms with Crippen LogP contribution in [-0.2, 0) is 6.54 Å². The molecule has 98 valence electrons. The first kappa shape index (κ1) is 12.2. The number of rotatable bonds is 3. The maximum Gasteiger partial charge on any atom is 0.120 e. The number of likely N-dealkylation sites (tertiary alicyclic amines) is 1. The van der Waals surface area contributed by atoms with Crippen LogP contribution in [-0.4, -0.2) is 16.6 Å². The SMILES string of the molecule is Oc1ccccc1CN1CCCC1c1ccccc1. The first-order valence-electron chi connectivity index (χ1n) is 6.90. The van der Waals surface area contributed by atoms with E-state index in [-0.39, 0.29) is 0 Å². The quantitative estimate of drug-likeness (QED) is 0.901. The average Bonchev–Trinajstić information content (AvgIpc) is 2.91. The first-order valence-corrected chi connectivity index (χ1v) is 6.90. The van der Waals surface area contributed by atoms with Crippen LogP contribution >= 0.6 is 0 Å². The molecular formula is C17H19NO. The zero-order valence-electron chi connectivity index (χ0n) is 11.0. The van der Waals surface area contributed by atoms with Gasteiger partial charge in [0.25, 0.3) is 0 Å². The van der Waals surface area contributed by atoms with Gasteiger partial charge in [-0.25, -0.2) is 0 Å². The highest BCUT2D eigenvalue weighted by Gasteiger charge is 2.26. The predicted molar refractivity (Wildman–Crippen MR) is 76.9 cm³/mol. The fraction of sp³-hybridized carbons (Fsp3) is 0.294. The summed E-state index contributed by atoms with van der Waals surface area (Å²) in [5.41, 5.74) is 2.40. The molecule has 1 unspecified atom stereocenters. The van der Waals surface area contributed by atoms with Gasteiger partial charge in [0, 0.05) is 18.2 Å². The lowest BCUT2D eigenvalue weighted by Gasteiger charge is -2.25. The van der Waals surface area contributed by atoms with E-state index in [2.05, 4.69) is 35.2 Å². The van der Waals surface area contributed by atoms with Crippen LogP contribution in [0, 0.1) is 0 Å². The number of hydrogen-bond donors (Lipinski definition) is 1. The van der Waals surface area contributed by atoms with Crippen molar-refractivity contribution in [3.8, 4) is 5.75 Å². The Bertz CT molecular complexity index is 538. The molecule has 3 rings (SSSR count). The molecule has 0 spiro atoms. The maximum absolute atomic E-state index is 9.90. The summed E-state index contributed by atoms with van der Waals surface area (Å²) in [5, 5.41) is 9.90. The molecule has 1 aliphatic heterocycles. The third-order valence-corrected chi connectivity index (χ3v) is 3.91. The molecule has 0 saturated carbocycles. The molecule has 1 fully saturated rings. The second-order valence-corrected chi connectivity index (χ2v) is 5.17. The third-order valence-electron chi connectivity index (χ3n) is 3.91. The minimum Gasteiger partial charge on any atom is -0.508 e. The number of para-hydroxylation sites is 1. The van der Waals surface area contributed by atoms with E-state index in [4.69, 9.17) is 0 Å². The van der Waals surface area contributed by atoms with Crippen molar-refractivity contribution in [2.45, 2.75) is 25.4 Å². The van der Waals surface area contributed by atoms with E-state index >= 15 is 0 Å². The molecule has 1 saturated heterocycles. The number of hydrogen-bond acceptors (Lipinski definition) is 2. The summed E-state index contributed by atoms with van der Waals surface area (Å²) in [4.78, 5) is 2.46. The minimum absolute atomic E-state index is 0.404. The molecule has 2 aromatic rings. The van der Waals surface area contributed by atoms with Gasteiger partial charge in [0.2, 0.25) is 0 Å². The summed E-state index contributed by atoms with van der Waals surface area (Å²) >= 11 is 0. The van der Waals surface area contributed by atoms with Crippen molar-refractivity contribution in [2.75, 3.05) is 6.54 Å². The fourth-order valence-electron chi connectivity index (χ4n) is 2.93. The Morgan fingerprint density at radius 2 is 1.74 bits per heavy atom. The van der Waals surface area contributed by atoms with Crippen molar-refractivity contribution >= 4 is 0 Å². The van der Waals surface area contributed by atoms with E-state index in [1.165, 1.54) is 18.4 Å². The maximum atomic E-state index is 9.90. The largest absolute Gasteiger partial charge is 0.508 e. The average molecular weight is 253 g/mol. The summed E-state index contributed by atoms with van der Waals surface area (Å²) in [5.74, 6) is 0.404. The van der Waals surface area contributed by atoms with Gasteiger partial charge in [0.1, 0.15) is 5.75 Å². The minimum atomic E-state index is 0.404. The number of phenols is 1. The van der Waals surface area contributed by atoms with E-state index in [0.717, 1.165) is 18.7 Å². The van der Waals surface area contributed by atoms with Crippen LogP contribution in [0.5, 0.6) is 5.75 Å². The van der Waals surface area contributed by atoms with Gasteiger partial charge in [-0.3, -0.25) is 4.90 Å². The van der Waals surface area contributed by atoms with E-state index < -0.39 is 0 Å². The van der Waals surface area contributed by atoms with Crippen LogP contribution in [0.15, 0.2) is 54.6 Å². The summed E-state index contributed by atoms with van der Waals surface area (Å²) < 4.78 is 0. The molecule has 1 N–H and O–H groups in total. The van der Waals surface area contributed by atoms with Crippen molar-refractivity contribution in [1.29, 1.82) is 0 Å². The van der Waals surface area contributed by atoms with Crippen molar-refractivity contribution in [2.24, 2.45) is 0 Å². The second-order valence-electron chi connectivity index (χ2n) is 5.17. The Morgan fingerprint density at radius 1 is 1.00 bits per heavy atom. The zero-order valence-corrected chi connectivity index (χ0v) is 11.0. The van der Waals surface area contributed by atoms with Crippen molar-refractivity contribution in [3.63, 3.8) is 0 Å². The van der Waals surface area contributed by atoms with Crippen molar-refractivity contribution in [3.05, 3.63) is 65.7 Å². The van der Waals surface area contributed by atoms with Crippen LogP contribution in [0.25, 0.3) is 0 Å². The summed E-state index contributed by atoms with van der Waals surface area (Å²) in [6, 6.07) is 18.8. The van der Waals surface area contributed by atoms with Gasteiger partial charge in [-0.05, 0) is 31.0 Å². The van der Waals surface area contributed by atoms with Crippen molar-refractivity contribution < 1.29 is 5.11 Å². The molecule has 2 aromatic carbocycles. The first-order chi connectivity index (χ1) is 9.34. The van der Waals surface area contributed by atoms with E-state index in [1.54, 1.807) is 6.07 Å². The highest BCUT2D eigenvalue weighted by molar-refractivity contribution is 5.32. The van der Waals surface area contributed by atoms with Gasteiger partial charge >= 0.3 is 0 Å².